The maximum atomic E-state index is 6.19. The van der Waals surface area contributed by atoms with Crippen LogP contribution in [0.1, 0.15) is 43.4 Å². The zero-order valence-corrected chi connectivity index (χ0v) is 9.55. The van der Waals surface area contributed by atoms with Gasteiger partial charge in [0.15, 0.2) is 0 Å². The largest absolute Gasteiger partial charge is 0.469 e. The topological polar surface area (TPSA) is 13.1 Å². The molecule has 0 spiro atoms. The minimum absolute atomic E-state index is 0.335. The number of alkyl halides is 1. The molecule has 14 heavy (non-hydrogen) atoms. The Morgan fingerprint density at radius 2 is 2.21 bits per heavy atom. The van der Waals surface area contributed by atoms with E-state index in [9.17, 15) is 0 Å². The highest BCUT2D eigenvalue weighted by Gasteiger charge is 2.29. The van der Waals surface area contributed by atoms with E-state index in [1.54, 1.807) is 0 Å². The van der Waals surface area contributed by atoms with Gasteiger partial charge in [-0.2, -0.15) is 0 Å². The van der Waals surface area contributed by atoms with Crippen molar-refractivity contribution >= 4 is 11.6 Å². The predicted molar refractivity (Wildman–Crippen MR) is 58.8 cm³/mol. The molecule has 78 valence electrons. The molecule has 1 aliphatic carbocycles. The lowest BCUT2D eigenvalue weighted by Gasteiger charge is -2.30. The van der Waals surface area contributed by atoms with Gasteiger partial charge in [0.05, 0.1) is 6.26 Å². The highest BCUT2D eigenvalue weighted by atomic mass is 35.5. The van der Waals surface area contributed by atoms with E-state index in [0.717, 1.165) is 18.6 Å². The van der Waals surface area contributed by atoms with Crippen LogP contribution < -0.4 is 0 Å². The van der Waals surface area contributed by atoms with Crippen molar-refractivity contribution in [2.45, 2.75) is 44.4 Å². The first kappa shape index (κ1) is 10.1. The molecule has 0 bridgehead atoms. The van der Waals surface area contributed by atoms with Gasteiger partial charge in [-0.25, -0.2) is 0 Å². The van der Waals surface area contributed by atoms with E-state index in [1.165, 1.54) is 12.0 Å². The molecule has 0 amide bonds. The Morgan fingerprint density at radius 3 is 2.86 bits per heavy atom. The fraction of sp³-hybridized carbons (Fsp3) is 0.667. The van der Waals surface area contributed by atoms with Crippen LogP contribution in [0.25, 0.3) is 0 Å². The Kier molecular flexibility index (Phi) is 2.87. The Hall–Kier alpha value is -0.430. The average molecular weight is 213 g/mol. The maximum Gasteiger partial charge on any atom is 0.107 e. The smallest absolute Gasteiger partial charge is 0.107 e. The molecule has 2 heteroatoms. The summed E-state index contributed by atoms with van der Waals surface area (Å²) < 4.78 is 5.56. The highest BCUT2D eigenvalue weighted by Crippen LogP contribution is 2.39. The standard InChI is InChI=1S/C12H17ClO/c1-8-5-12(14-7-8)11-6-10(13)4-3-9(11)2/h5,7,9-11H,3-4,6H2,1-2H3. The van der Waals surface area contributed by atoms with Crippen molar-refractivity contribution in [3.8, 4) is 0 Å². The lowest BCUT2D eigenvalue weighted by molar-refractivity contribution is 0.294. The van der Waals surface area contributed by atoms with Crippen molar-refractivity contribution in [2.75, 3.05) is 0 Å². The summed E-state index contributed by atoms with van der Waals surface area (Å²) in [4.78, 5) is 0. The molecular weight excluding hydrogens is 196 g/mol. The van der Waals surface area contributed by atoms with Crippen molar-refractivity contribution in [3.63, 3.8) is 0 Å². The van der Waals surface area contributed by atoms with Crippen LogP contribution in [0.4, 0.5) is 0 Å². The van der Waals surface area contributed by atoms with Gasteiger partial charge in [0.1, 0.15) is 5.76 Å². The third-order valence-corrected chi connectivity index (χ3v) is 3.64. The first-order valence-electron chi connectivity index (χ1n) is 5.36. The molecule has 0 aliphatic heterocycles. The lowest BCUT2D eigenvalue weighted by Crippen LogP contribution is -2.21. The Balaban J connectivity index is 2.15. The average Bonchev–Trinajstić information content (AvgIpc) is 2.56. The molecule has 0 N–H and O–H groups in total. The second-order valence-electron chi connectivity index (χ2n) is 4.52. The number of hydrogen-bond donors (Lipinski definition) is 0. The van der Waals surface area contributed by atoms with Gasteiger partial charge in [-0.05, 0) is 43.7 Å². The Bertz CT molecular complexity index is 305. The number of aryl methyl sites for hydroxylation is 1. The highest BCUT2D eigenvalue weighted by molar-refractivity contribution is 6.20. The van der Waals surface area contributed by atoms with Gasteiger partial charge in [0.2, 0.25) is 0 Å². The molecule has 3 atom stereocenters. The molecule has 1 fully saturated rings. The van der Waals surface area contributed by atoms with E-state index >= 15 is 0 Å². The van der Waals surface area contributed by atoms with Crippen LogP contribution in [-0.2, 0) is 0 Å². The van der Waals surface area contributed by atoms with Crippen molar-refractivity contribution < 1.29 is 4.42 Å². The number of rotatable bonds is 1. The summed E-state index contributed by atoms with van der Waals surface area (Å²) in [5.74, 6) is 2.36. The van der Waals surface area contributed by atoms with Crippen LogP contribution in [0.3, 0.4) is 0 Å². The quantitative estimate of drug-likeness (QED) is 0.639. The predicted octanol–water partition coefficient (Wildman–Crippen LogP) is 4.10. The molecule has 1 saturated carbocycles. The summed E-state index contributed by atoms with van der Waals surface area (Å²) in [6.07, 6.45) is 5.27. The molecule has 1 aromatic heterocycles. The zero-order valence-electron chi connectivity index (χ0n) is 8.79. The molecular formula is C12H17ClO. The number of hydrogen-bond acceptors (Lipinski definition) is 1. The molecule has 1 nitrogen and oxygen atoms in total. The summed E-state index contributed by atoms with van der Waals surface area (Å²) in [5.41, 5.74) is 1.21. The molecule has 1 aromatic rings. The molecule has 0 saturated heterocycles. The van der Waals surface area contributed by atoms with Gasteiger partial charge in [-0.15, -0.1) is 11.6 Å². The molecule has 2 rings (SSSR count). The van der Waals surface area contributed by atoms with Gasteiger partial charge in [0.25, 0.3) is 0 Å². The van der Waals surface area contributed by atoms with E-state index in [1.807, 2.05) is 6.26 Å². The first-order chi connectivity index (χ1) is 6.66. The molecule has 0 aromatic carbocycles. The fourth-order valence-corrected chi connectivity index (χ4v) is 2.63. The molecule has 1 aliphatic rings. The van der Waals surface area contributed by atoms with Gasteiger partial charge >= 0.3 is 0 Å². The van der Waals surface area contributed by atoms with Crippen LogP contribution in [0, 0.1) is 12.8 Å². The van der Waals surface area contributed by atoms with Crippen LogP contribution in [0.15, 0.2) is 16.7 Å². The zero-order chi connectivity index (χ0) is 10.1. The fourth-order valence-electron chi connectivity index (χ4n) is 2.32. The monoisotopic (exact) mass is 212 g/mol. The minimum atomic E-state index is 0.335. The Labute approximate surface area is 90.4 Å². The van der Waals surface area contributed by atoms with Crippen molar-refractivity contribution in [1.29, 1.82) is 0 Å². The number of furan rings is 1. The van der Waals surface area contributed by atoms with Crippen LogP contribution >= 0.6 is 11.6 Å². The second kappa shape index (κ2) is 3.98. The van der Waals surface area contributed by atoms with Gasteiger partial charge in [0, 0.05) is 11.3 Å². The van der Waals surface area contributed by atoms with Crippen molar-refractivity contribution in [2.24, 2.45) is 5.92 Å². The summed E-state index contributed by atoms with van der Waals surface area (Å²) in [6.45, 7) is 4.37. The van der Waals surface area contributed by atoms with Crippen LogP contribution in [0.5, 0.6) is 0 Å². The van der Waals surface area contributed by atoms with E-state index in [-0.39, 0.29) is 0 Å². The van der Waals surface area contributed by atoms with E-state index in [0.29, 0.717) is 17.2 Å². The van der Waals surface area contributed by atoms with E-state index in [4.69, 9.17) is 16.0 Å². The SMILES string of the molecule is Cc1coc(C2CC(Cl)CCC2C)c1. The molecule has 1 heterocycles. The van der Waals surface area contributed by atoms with Gasteiger partial charge in [-0.3, -0.25) is 0 Å². The molecule has 3 unspecified atom stereocenters. The summed E-state index contributed by atoms with van der Waals surface area (Å²) in [6, 6.07) is 2.15. The van der Waals surface area contributed by atoms with E-state index < -0.39 is 0 Å². The first-order valence-corrected chi connectivity index (χ1v) is 5.79. The third-order valence-electron chi connectivity index (χ3n) is 3.25. The maximum absolute atomic E-state index is 6.19. The van der Waals surface area contributed by atoms with Crippen LogP contribution in [-0.4, -0.2) is 5.38 Å². The summed E-state index contributed by atoms with van der Waals surface area (Å²) in [5, 5.41) is 0.335. The van der Waals surface area contributed by atoms with Gasteiger partial charge in [-0.1, -0.05) is 6.92 Å². The molecule has 0 radical (unpaired) electrons. The van der Waals surface area contributed by atoms with Crippen LogP contribution in [0.2, 0.25) is 0 Å². The normalized spacial score (nSPS) is 33.2. The van der Waals surface area contributed by atoms with Crippen molar-refractivity contribution in [3.05, 3.63) is 23.7 Å². The summed E-state index contributed by atoms with van der Waals surface area (Å²) in [7, 11) is 0. The third kappa shape index (κ3) is 1.98. The second-order valence-corrected chi connectivity index (χ2v) is 5.14. The lowest BCUT2D eigenvalue weighted by atomic mass is 9.79. The van der Waals surface area contributed by atoms with Crippen molar-refractivity contribution in [1.82, 2.24) is 0 Å². The van der Waals surface area contributed by atoms with Gasteiger partial charge < -0.3 is 4.42 Å². The summed E-state index contributed by atoms with van der Waals surface area (Å²) >= 11 is 6.19. The Morgan fingerprint density at radius 1 is 1.43 bits per heavy atom. The van der Waals surface area contributed by atoms with E-state index in [2.05, 4.69) is 19.9 Å². The minimum Gasteiger partial charge on any atom is -0.469 e. The number of halogens is 1.